The van der Waals surface area contributed by atoms with E-state index in [4.69, 9.17) is 5.11 Å². The number of rotatable bonds is 2. The van der Waals surface area contributed by atoms with E-state index in [0.29, 0.717) is 0 Å². The maximum absolute atomic E-state index is 13.0. The predicted octanol–water partition coefficient (Wildman–Crippen LogP) is 2.80. The predicted molar refractivity (Wildman–Crippen MR) is 55.0 cm³/mol. The highest BCUT2D eigenvalue weighted by molar-refractivity contribution is 5.74. The molecule has 1 aliphatic rings. The molecular weight excluding hydrogens is 195 g/mol. The van der Waals surface area contributed by atoms with Crippen LogP contribution < -0.4 is 0 Å². The van der Waals surface area contributed by atoms with E-state index in [-0.39, 0.29) is 18.2 Å². The van der Waals surface area contributed by atoms with E-state index in [1.165, 1.54) is 12.1 Å². The summed E-state index contributed by atoms with van der Waals surface area (Å²) < 4.78 is 13.0. The minimum Gasteiger partial charge on any atom is -0.481 e. The number of carbonyl (C=O) groups is 1. The van der Waals surface area contributed by atoms with Gasteiger partial charge in [-0.15, -0.1) is 0 Å². The van der Waals surface area contributed by atoms with Crippen LogP contribution in [-0.2, 0) is 4.79 Å². The van der Waals surface area contributed by atoms with Crippen molar-refractivity contribution in [2.45, 2.75) is 19.3 Å². The molecule has 1 atom stereocenters. The summed E-state index contributed by atoms with van der Waals surface area (Å²) in [5.74, 6) is -1.34. The van der Waals surface area contributed by atoms with Gasteiger partial charge in [0.1, 0.15) is 5.82 Å². The molecule has 3 heteroatoms. The van der Waals surface area contributed by atoms with Gasteiger partial charge in [-0.05, 0) is 30.2 Å². The standard InChI is InChI=1S/C12H11FO2/c1-7-4-8-2-3-9(13)5-11(8)10(7)6-12(14)15/h2-5,10H,6H2,1H3,(H,14,15). The fraction of sp³-hybridized carbons (Fsp3) is 0.250. The minimum absolute atomic E-state index is 0.0266. The molecule has 0 radical (unpaired) electrons. The van der Waals surface area contributed by atoms with Gasteiger partial charge in [0.15, 0.2) is 0 Å². The molecule has 0 bridgehead atoms. The average molecular weight is 206 g/mol. The maximum Gasteiger partial charge on any atom is 0.304 e. The van der Waals surface area contributed by atoms with Crippen molar-refractivity contribution in [3.8, 4) is 0 Å². The third-order valence-electron chi connectivity index (χ3n) is 2.74. The number of halogens is 1. The second-order valence-corrected chi connectivity index (χ2v) is 3.81. The Bertz CT molecular complexity index is 449. The molecule has 0 heterocycles. The second kappa shape index (κ2) is 3.50. The number of benzene rings is 1. The van der Waals surface area contributed by atoms with E-state index in [9.17, 15) is 9.18 Å². The lowest BCUT2D eigenvalue weighted by atomic mass is 9.93. The number of carboxylic acids is 1. The van der Waals surface area contributed by atoms with Crippen molar-refractivity contribution >= 4 is 12.0 Å². The van der Waals surface area contributed by atoms with E-state index in [1.54, 1.807) is 6.07 Å². The van der Waals surface area contributed by atoms with Gasteiger partial charge in [-0.2, -0.15) is 0 Å². The smallest absolute Gasteiger partial charge is 0.304 e. The first kappa shape index (κ1) is 9.90. The number of hydrogen-bond acceptors (Lipinski definition) is 1. The van der Waals surface area contributed by atoms with Crippen molar-refractivity contribution in [2.75, 3.05) is 0 Å². The van der Waals surface area contributed by atoms with Gasteiger partial charge in [0.25, 0.3) is 0 Å². The average Bonchev–Trinajstić information content (AvgIpc) is 2.43. The lowest BCUT2D eigenvalue weighted by Gasteiger charge is -2.11. The van der Waals surface area contributed by atoms with Gasteiger partial charge in [-0.3, -0.25) is 4.79 Å². The summed E-state index contributed by atoms with van der Waals surface area (Å²) in [5.41, 5.74) is 2.70. The molecule has 2 rings (SSSR count). The maximum atomic E-state index is 13.0. The number of carboxylic acid groups (broad SMARTS) is 1. The Morgan fingerprint density at radius 1 is 1.53 bits per heavy atom. The summed E-state index contributed by atoms with van der Waals surface area (Å²) in [6, 6.07) is 4.51. The van der Waals surface area contributed by atoms with Crippen LogP contribution in [0.2, 0.25) is 0 Å². The van der Waals surface area contributed by atoms with Gasteiger partial charge in [0, 0.05) is 5.92 Å². The highest BCUT2D eigenvalue weighted by atomic mass is 19.1. The monoisotopic (exact) mass is 206 g/mol. The second-order valence-electron chi connectivity index (χ2n) is 3.81. The molecule has 1 N–H and O–H groups in total. The van der Waals surface area contributed by atoms with Crippen LogP contribution in [0, 0.1) is 5.82 Å². The summed E-state index contributed by atoms with van der Waals surface area (Å²) in [6.07, 6.45) is 1.95. The summed E-state index contributed by atoms with van der Waals surface area (Å²) in [5, 5.41) is 8.77. The molecule has 1 aromatic carbocycles. The van der Waals surface area contributed by atoms with Gasteiger partial charge in [-0.1, -0.05) is 17.7 Å². The number of aliphatic carboxylic acids is 1. The summed E-state index contributed by atoms with van der Waals surface area (Å²) in [6.45, 7) is 1.88. The third kappa shape index (κ3) is 1.77. The van der Waals surface area contributed by atoms with Gasteiger partial charge in [0.05, 0.1) is 6.42 Å². The number of fused-ring (bicyclic) bond motifs is 1. The zero-order valence-electron chi connectivity index (χ0n) is 8.33. The minimum atomic E-state index is -0.857. The molecule has 1 aromatic rings. The van der Waals surface area contributed by atoms with E-state index in [2.05, 4.69) is 0 Å². The van der Waals surface area contributed by atoms with Gasteiger partial charge in [-0.25, -0.2) is 4.39 Å². The molecule has 1 unspecified atom stereocenters. The van der Waals surface area contributed by atoms with Crippen molar-refractivity contribution in [2.24, 2.45) is 0 Å². The largest absolute Gasteiger partial charge is 0.481 e. The van der Waals surface area contributed by atoms with E-state index in [0.717, 1.165) is 16.7 Å². The van der Waals surface area contributed by atoms with Gasteiger partial charge in [0.2, 0.25) is 0 Å². The van der Waals surface area contributed by atoms with Gasteiger partial charge < -0.3 is 5.11 Å². The number of allylic oxidation sites excluding steroid dienone is 1. The van der Waals surface area contributed by atoms with Crippen LogP contribution in [0.3, 0.4) is 0 Å². The van der Waals surface area contributed by atoms with E-state index in [1.807, 2.05) is 13.0 Å². The molecule has 15 heavy (non-hydrogen) atoms. The molecular formula is C12H11FO2. The first-order valence-electron chi connectivity index (χ1n) is 4.77. The summed E-state index contributed by atoms with van der Waals surface area (Å²) in [4.78, 5) is 10.7. The Morgan fingerprint density at radius 3 is 2.93 bits per heavy atom. The van der Waals surface area contributed by atoms with Crippen molar-refractivity contribution in [3.63, 3.8) is 0 Å². The summed E-state index contributed by atoms with van der Waals surface area (Å²) in [7, 11) is 0. The molecule has 0 saturated carbocycles. The van der Waals surface area contributed by atoms with Crippen LogP contribution in [0.15, 0.2) is 23.8 Å². The fourth-order valence-electron chi connectivity index (χ4n) is 2.02. The zero-order chi connectivity index (χ0) is 11.0. The Balaban J connectivity index is 2.40. The molecule has 78 valence electrons. The molecule has 0 fully saturated rings. The first-order chi connectivity index (χ1) is 7.08. The SMILES string of the molecule is CC1=Cc2ccc(F)cc2C1CC(=O)O. The Hall–Kier alpha value is -1.64. The molecule has 0 spiro atoms. The van der Waals surface area contributed by atoms with Crippen molar-refractivity contribution < 1.29 is 14.3 Å². The Morgan fingerprint density at radius 2 is 2.27 bits per heavy atom. The Kier molecular flexibility index (Phi) is 2.31. The number of hydrogen-bond donors (Lipinski definition) is 1. The highest BCUT2D eigenvalue weighted by Gasteiger charge is 2.24. The quantitative estimate of drug-likeness (QED) is 0.807. The summed E-state index contributed by atoms with van der Waals surface area (Å²) >= 11 is 0. The molecule has 2 nitrogen and oxygen atoms in total. The molecule has 0 saturated heterocycles. The Labute approximate surface area is 87.0 Å². The lowest BCUT2D eigenvalue weighted by molar-refractivity contribution is -0.137. The zero-order valence-corrected chi connectivity index (χ0v) is 8.33. The molecule has 0 amide bonds. The molecule has 0 aliphatic heterocycles. The first-order valence-corrected chi connectivity index (χ1v) is 4.77. The molecule has 1 aliphatic carbocycles. The topological polar surface area (TPSA) is 37.3 Å². The fourth-order valence-corrected chi connectivity index (χ4v) is 2.02. The van der Waals surface area contributed by atoms with Crippen molar-refractivity contribution in [3.05, 3.63) is 40.7 Å². The van der Waals surface area contributed by atoms with Crippen LogP contribution in [0.1, 0.15) is 30.4 Å². The van der Waals surface area contributed by atoms with Crippen LogP contribution >= 0.6 is 0 Å². The van der Waals surface area contributed by atoms with Crippen LogP contribution in [-0.4, -0.2) is 11.1 Å². The molecule has 0 aromatic heterocycles. The van der Waals surface area contributed by atoms with Crippen molar-refractivity contribution in [1.29, 1.82) is 0 Å². The van der Waals surface area contributed by atoms with Gasteiger partial charge >= 0.3 is 5.97 Å². The van der Waals surface area contributed by atoms with Crippen LogP contribution in [0.4, 0.5) is 4.39 Å². The lowest BCUT2D eigenvalue weighted by Crippen LogP contribution is -2.05. The van der Waals surface area contributed by atoms with E-state index >= 15 is 0 Å². The third-order valence-corrected chi connectivity index (χ3v) is 2.74. The van der Waals surface area contributed by atoms with Crippen LogP contribution in [0.5, 0.6) is 0 Å². The highest BCUT2D eigenvalue weighted by Crippen LogP contribution is 2.38. The van der Waals surface area contributed by atoms with E-state index < -0.39 is 5.97 Å². The normalized spacial score (nSPS) is 18.5. The van der Waals surface area contributed by atoms with Crippen LogP contribution in [0.25, 0.3) is 6.08 Å². The van der Waals surface area contributed by atoms with Crippen molar-refractivity contribution in [1.82, 2.24) is 0 Å².